The van der Waals surface area contributed by atoms with Crippen molar-refractivity contribution in [2.24, 2.45) is 28.6 Å². The Morgan fingerprint density at radius 1 is 0.442 bits per heavy atom. The summed E-state index contributed by atoms with van der Waals surface area (Å²) in [6.45, 7) is 14.0. The minimum atomic E-state index is -1.06. The lowest BCUT2D eigenvalue weighted by Gasteiger charge is -2.30. The number of amides is 7. The number of aliphatic carboxylic acids is 1. The number of carboxylic acids is 1. The zero-order valence-electron chi connectivity index (χ0n) is 70.7. The zero-order valence-corrected chi connectivity index (χ0v) is 70.7. The summed E-state index contributed by atoms with van der Waals surface area (Å²) < 4.78 is 13.8. The number of rotatable bonds is 21. The Morgan fingerprint density at radius 2 is 0.850 bits per heavy atom. The number of likely N-dealkylation sites (tertiary alicyclic amines) is 2. The molecule has 8 aliphatic rings. The molecule has 4 aliphatic carbocycles. The summed E-state index contributed by atoms with van der Waals surface area (Å²) in [5, 5.41) is 29.3. The first kappa shape index (κ1) is 85.2. The molecule has 120 heavy (non-hydrogen) atoms. The van der Waals surface area contributed by atoms with Crippen LogP contribution in [-0.4, -0.2) is 160 Å². The summed E-state index contributed by atoms with van der Waals surface area (Å²) in [5.74, 6) is -0.336. The predicted octanol–water partition coefficient (Wildman–Crippen LogP) is 16.1. The van der Waals surface area contributed by atoms with Gasteiger partial charge in [0.15, 0.2) is 0 Å². The maximum Gasteiger partial charge on any atom is 0.407 e. The second kappa shape index (κ2) is 37.6. The summed E-state index contributed by atoms with van der Waals surface area (Å²) in [5.41, 5.74) is 21.9. The number of carbonyl (C=O) groups is 8. The zero-order chi connectivity index (χ0) is 84.5. The summed E-state index contributed by atoms with van der Waals surface area (Å²) >= 11 is 0. The van der Waals surface area contributed by atoms with Gasteiger partial charge in [-0.25, -0.2) is 29.1 Å². The van der Waals surface area contributed by atoms with Crippen LogP contribution in [0.2, 0.25) is 0 Å². The number of fused-ring (bicyclic) bond motifs is 2. The molecule has 2 saturated carbocycles. The minimum Gasteiger partial charge on any atom is -0.480 e. The van der Waals surface area contributed by atoms with Gasteiger partial charge in [-0.05, 0) is 247 Å². The Kier molecular flexibility index (Phi) is 26.7. The van der Waals surface area contributed by atoms with E-state index in [1.165, 1.54) is 140 Å². The van der Waals surface area contributed by atoms with Gasteiger partial charge in [-0.2, -0.15) is 0 Å². The van der Waals surface area contributed by atoms with Crippen molar-refractivity contribution in [1.82, 2.24) is 56.3 Å². The SMILES string of the molecule is COC(=O)N[C@H](C(=O)N1CCC[C@H]1C(=O)Nc1cccc(-c2ccc(-c3ccc(-c4cnc([C@@H]5CCCN5C(=O)[C@@H](NC(=O)OC)C(C)C)[nH]4)cc3)c3c2CC2(CCCC2)C3)c1)C(C)C.COC(=O)N[C@H](C(=O)O)C(C)C.O=C(Nc1cccc(-c2ccc(-c3ccc(-c4cnc([C@@H]5CCCN5)[nH]4)cc3)c3c2CC2(CCCC2)C3)c1)[C@@H]1CCCN1. The number of H-pyrrole nitrogens is 2. The monoisotopic (exact) mass is 1630 g/mol. The molecule has 16 rings (SSSR count). The van der Waals surface area contributed by atoms with E-state index in [0.717, 1.165) is 116 Å². The smallest absolute Gasteiger partial charge is 0.407 e. The van der Waals surface area contributed by atoms with Gasteiger partial charge in [0.2, 0.25) is 23.6 Å². The lowest BCUT2D eigenvalue weighted by molar-refractivity contribution is -0.140. The Morgan fingerprint density at radius 3 is 1.29 bits per heavy atom. The van der Waals surface area contributed by atoms with Crippen LogP contribution >= 0.6 is 0 Å². The van der Waals surface area contributed by atoms with Gasteiger partial charge in [-0.3, -0.25) is 19.2 Å². The molecule has 6 heterocycles. The molecular formula is C95H117N13O12. The van der Waals surface area contributed by atoms with Crippen LogP contribution in [-0.2, 0) is 63.9 Å². The fourth-order valence-electron chi connectivity index (χ4n) is 19.7. The van der Waals surface area contributed by atoms with Crippen LogP contribution in [0.1, 0.15) is 190 Å². The number of hydrogen-bond acceptors (Lipinski definition) is 15. The third-order valence-electron chi connectivity index (χ3n) is 26.1. The molecular weight excluding hydrogens is 1520 g/mol. The van der Waals surface area contributed by atoms with Gasteiger partial charge >= 0.3 is 24.2 Å². The molecule has 6 aromatic carbocycles. The molecule has 25 nitrogen and oxygen atoms in total. The summed E-state index contributed by atoms with van der Waals surface area (Å²) in [6.07, 6.45) is 23.6. The second-order valence-corrected chi connectivity index (χ2v) is 35.1. The quantitative estimate of drug-likeness (QED) is 0.0299. The number of benzene rings is 6. The van der Waals surface area contributed by atoms with Crippen molar-refractivity contribution < 1.29 is 57.7 Å². The molecule has 4 aliphatic heterocycles. The number of ether oxygens (including phenoxy) is 3. The Labute approximate surface area is 703 Å². The average molecular weight is 1630 g/mol. The fourth-order valence-corrected chi connectivity index (χ4v) is 19.7. The van der Waals surface area contributed by atoms with Crippen molar-refractivity contribution in [2.75, 3.05) is 58.1 Å². The molecule has 8 aromatic rings. The van der Waals surface area contributed by atoms with E-state index in [4.69, 9.17) is 19.6 Å². The molecule has 7 amide bonds. The summed E-state index contributed by atoms with van der Waals surface area (Å²) in [6, 6.07) is 40.3. The number of nitrogens with one attached hydrogen (secondary N) is 9. The molecule has 10 N–H and O–H groups in total. The molecule has 0 radical (unpaired) electrons. The van der Waals surface area contributed by atoms with Crippen LogP contribution in [0.25, 0.3) is 67.0 Å². The van der Waals surface area contributed by atoms with Gasteiger partial charge in [-0.1, -0.05) is 164 Å². The number of methoxy groups -OCH3 is 3. The fraction of sp³-hybridized carbons (Fsp3) is 0.474. The largest absolute Gasteiger partial charge is 0.480 e. The van der Waals surface area contributed by atoms with Gasteiger partial charge in [0, 0.05) is 24.5 Å². The summed E-state index contributed by atoms with van der Waals surface area (Å²) in [7, 11) is 3.75. The second-order valence-electron chi connectivity index (χ2n) is 35.1. The number of nitrogens with zero attached hydrogens (tertiary/aromatic N) is 4. The normalized spacial score (nSPS) is 19.9. The van der Waals surface area contributed by atoms with Crippen molar-refractivity contribution >= 4 is 59.3 Å². The molecule has 2 aromatic heterocycles. The van der Waals surface area contributed by atoms with Gasteiger partial charge < -0.3 is 76.3 Å². The lowest BCUT2D eigenvalue weighted by Crippen LogP contribution is -2.54. The first-order chi connectivity index (χ1) is 57.9. The van der Waals surface area contributed by atoms with Crippen LogP contribution in [0.15, 0.2) is 134 Å². The van der Waals surface area contributed by atoms with Crippen molar-refractivity contribution in [2.45, 2.75) is 212 Å². The van der Waals surface area contributed by atoms with E-state index in [1.54, 1.807) is 18.7 Å². The highest BCUT2D eigenvalue weighted by Gasteiger charge is 2.45. The first-order valence-electron chi connectivity index (χ1n) is 43.2. The van der Waals surface area contributed by atoms with Crippen molar-refractivity contribution in [1.29, 1.82) is 0 Å². The number of carbonyl (C=O) groups excluding carboxylic acids is 7. The van der Waals surface area contributed by atoms with Crippen molar-refractivity contribution in [3.05, 3.63) is 168 Å². The van der Waals surface area contributed by atoms with Gasteiger partial charge in [-0.15, -0.1) is 0 Å². The van der Waals surface area contributed by atoms with E-state index in [-0.39, 0.29) is 58.9 Å². The van der Waals surface area contributed by atoms with Crippen molar-refractivity contribution in [3.8, 4) is 67.0 Å². The molecule has 0 unspecified atom stereocenters. The number of anilines is 2. The van der Waals surface area contributed by atoms with Crippen LogP contribution in [0.5, 0.6) is 0 Å². The number of aromatic nitrogens is 4. The minimum absolute atomic E-state index is 0.0742. The standard InChI is InChI=1S/C51H63N7O7.C37H41N5O.C7H13NO4/c1-30(2)43(55-49(62)64-5)47(60)57-24-10-14-41(57)45-52-29-40(54-45)33-18-16-32(17-19-33)36-20-21-37(39-28-51(27-38(36)39)22-7-8-23-51)34-12-9-13-35(26-34)53-46(59)42-15-11-25-58(42)48(61)44(31(3)4)56-50(63)65-6;43-36(33-9-5-19-39-33)41-27-7-3-6-26(20-27)29-15-14-28(30-21-37(22-31(29)30)16-1-2-17-37)24-10-12-25(13-11-24)34-23-40-35(42-34)32-8-4-18-38-32;1-4(2)5(6(9)10)8-7(11)12-3/h9,12-13,16-21,26,29-31,41-44H,7-8,10-11,14-15,22-25,27-28H2,1-6H3,(H,52,54)(H,53,59)(H,55,62)(H,56,63);3,6-7,10-15,20,23,32-33,38-39H,1-2,4-5,8-9,16-19,21-22H2,(H,40,42)(H,41,43);4-5H,1-3H3,(H,8,11)(H,9,10)/t41-,42-,43-,44-;32-,33-;5-/m000/s1. The topological polar surface area (TPSA) is 333 Å². The molecule has 2 spiro atoms. The van der Waals surface area contributed by atoms with Gasteiger partial charge in [0.1, 0.15) is 35.8 Å². The number of carboxylic acid groups (broad SMARTS) is 1. The highest BCUT2D eigenvalue weighted by atomic mass is 16.5. The molecule has 0 bridgehead atoms. The number of alkyl carbamates (subject to hydrolysis) is 3. The van der Waals surface area contributed by atoms with E-state index < -0.39 is 48.4 Å². The summed E-state index contributed by atoms with van der Waals surface area (Å²) in [4.78, 5) is 119. The van der Waals surface area contributed by atoms with E-state index in [2.05, 4.69) is 154 Å². The maximum absolute atomic E-state index is 13.8. The molecule has 6 fully saturated rings. The number of aromatic amines is 2. The van der Waals surface area contributed by atoms with Crippen LogP contribution < -0.4 is 37.2 Å². The highest BCUT2D eigenvalue weighted by Crippen LogP contribution is 2.55. The molecule has 4 saturated heterocycles. The van der Waals surface area contributed by atoms with Crippen molar-refractivity contribution in [3.63, 3.8) is 0 Å². The Bertz CT molecular complexity index is 5030. The number of hydrogen-bond donors (Lipinski definition) is 10. The third kappa shape index (κ3) is 19.0. The van der Waals surface area contributed by atoms with E-state index >= 15 is 0 Å². The van der Waals surface area contributed by atoms with Crippen LogP contribution in [0.3, 0.4) is 0 Å². The molecule has 25 heteroatoms. The van der Waals surface area contributed by atoms with Gasteiger partial charge in [0.05, 0.1) is 63.2 Å². The average Bonchev–Trinajstić information content (AvgIpc) is 1.59. The van der Waals surface area contributed by atoms with E-state index in [9.17, 15) is 38.4 Å². The highest BCUT2D eigenvalue weighted by molar-refractivity contribution is 6.00. The van der Waals surface area contributed by atoms with Gasteiger partial charge in [0.25, 0.3) is 0 Å². The van der Waals surface area contributed by atoms with Crippen LogP contribution in [0.4, 0.5) is 25.8 Å². The molecule has 634 valence electrons. The number of imidazole rings is 2. The molecule has 7 atom stereocenters. The maximum atomic E-state index is 13.8. The van der Waals surface area contributed by atoms with Crippen LogP contribution in [0, 0.1) is 28.6 Å². The Hall–Kier alpha value is -11.2. The Balaban J connectivity index is 0.000000183. The van der Waals surface area contributed by atoms with E-state index in [0.29, 0.717) is 43.1 Å². The first-order valence-corrected chi connectivity index (χ1v) is 43.2. The lowest BCUT2D eigenvalue weighted by atomic mass is 9.82. The predicted molar refractivity (Wildman–Crippen MR) is 463 cm³/mol. The third-order valence-corrected chi connectivity index (χ3v) is 26.1. The van der Waals surface area contributed by atoms with E-state index in [1.807, 2.05) is 69.3 Å².